The van der Waals surface area contributed by atoms with E-state index in [-0.39, 0.29) is 12.1 Å². The first-order valence-electron chi connectivity index (χ1n) is 6.87. The fraction of sp³-hybridized carbons (Fsp3) is 0.562. The summed E-state index contributed by atoms with van der Waals surface area (Å²) >= 11 is 0. The largest absolute Gasteiger partial charge is 0.493 e. The fourth-order valence-corrected chi connectivity index (χ4v) is 2.09. The van der Waals surface area contributed by atoms with Crippen LogP contribution in [0.25, 0.3) is 0 Å². The molecule has 0 aliphatic rings. The predicted octanol–water partition coefficient (Wildman–Crippen LogP) is 2.70. The van der Waals surface area contributed by atoms with Gasteiger partial charge in [0.1, 0.15) is 0 Å². The molecule has 0 atom stereocenters. The van der Waals surface area contributed by atoms with Crippen LogP contribution in [0.3, 0.4) is 0 Å². The van der Waals surface area contributed by atoms with Crippen LogP contribution in [0, 0.1) is 6.92 Å². The number of hydrogen-bond donors (Lipinski definition) is 1. The summed E-state index contributed by atoms with van der Waals surface area (Å²) in [5.74, 6) is 0.504. The van der Waals surface area contributed by atoms with Gasteiger partial charge in [0.2, 0.25) is 0 Å². The topological polar surface area (TPSA) is 59.0 Å². The first-order chi connectivity index (χ1) is 9.68. The molecule has 0 aliphatic heterocycles. The minimum absolute atomic E-state index is 0.00269. The van der Waals surface area contributed by atoms with Gasteiger partial charge in [-0.05, 0) is 51.0 Å². The molecule has 118 valence electrons. The van der Waals surface area contributed by atoms with E-state index < -0.39 is 5.97 Å². The van der Waals surface area contributed by atoms with Gasteiger partial charge in [0.15, 0.2) is 11.5 Å². The third-order valence-corrected chi connectivity index (χ3v) is 3.48. The maximum absolute atomic E-state index is 11.1. The van der Waals surface area contributed by atoms with Gasteiger partial charge in [0, 0.05) is 12.1 Å². The summed E-state index contributed by atoms with van der Waals surface area (Å²) in [6.45, 7) is 8.54. The van der Waals surface area contributed by atoms with Gasteiger partial charge in [0.25, 0.3) is 0 Å². The van der Waals surface area contributed by atoms with Crippen LogP contribution in [0.1, 0.15) is 31.9 Å². The van der Waals surface area contributed by atoms with Crippen LogP contribution < -0.4 is 9.47 Å². The summed E-state index contributed by atoms with van der Waals surface area (Å²) in [6.07, 6.45) is 0. The molecule has 0 radical (unpaired) electrons. The number of benzene rings is 1. The Labute approximate surface area is 126 Å². The van der Waals surface area contributed by atoms with Crippen LogP contribution in [0.4, 0.5) is 0 Å². The van der Waals surface area contributed by atoms with Gasteiger partial charge in [-0.15, -0.1) is 0 Å². The van der Waals surface area contributed by atoms with Crippen molar-refractivity contribution in [2.24, 2.45) is 0 Å². The van der Waals surface area contributed by atoms with Crippen molar-refractivity contribution in [2.45, 2.75) is 39.8 Å². The van der Waals surface area contributed by atoms with Crippen molar-refractivity contribution in [3.8, 4) is 11.5 Å². The van der Waals surface area contributed by atoms with Gasteiger partial charge in [-0.1, -0.05) is 0 Å². The molecule has 0 fully saturated rings. The van der Waals surface area contributed by atoms with Crippen molar-refractivity contribution in [3.05, 3.63) is 23.3 Å². The third kappa shape index (κ3) is 4.63. The second kappa shape index (κ2) is 6.80. The number of carbonyl (C=O) groups is 1. The van der Waals surface area contributed by atoms with Gasteiger partial charge in [0.05, 0.1) is 20.8 Å². The molecular formula is C16H25NO4. The number of carboxylic acid groups (broad SMARTS) is 1. The Bertz CT molecular complexity index is 506. The molecule has 0 aliphatic carbocycles. The molecule has 1 N–H and O–H groups in total. The van der Waals surface area contributed by atoms with Crippen molar-refractivity contribution in [3.63, 3.8) is 0 Å². The van der Waals surface area contributed by atoms with Crippen LogP contribution in [0.5, 0.6) is 11.5 Å². The second-order valence-electron chi connectivity index (χ2n) is 6.05. The lowest BCUT2D eigenvalue weighted by Crippen LogP contribution is -2.43. The van der Waals surface area contributed by atoms with Gasteiger partial charge < -0.3 is 14.6 Å². The Kier molecular flexibility index (Phi) is 5.61. The molecule has 0 spiro atoms. The van der Waals surface area contributed by atoms with Crippen molar-refractivity contribution < 1.29 is 19.4 Å². The Morgan fingerprint density at radius 3 is 2.14 bits per heavy atom. The molecule has 5 heteroatoms. The van der Waals surface area contributed by atoms with Crippen molar-refractivity contribution in [2.75, 3.05) is 20.8 Å². The number of hydrogen-bond acceptors (Lipinski definition) is 4. The molecule has 0 bridgehead atoms. The maximum Gasteiger partial charge on any atom is 0.317 e. The zero-order valence-corrected chi connectivity index (χ0v) is 13.7. The molecule has 1 rings (SSSR count). The molecule has 0 saturated heterocycles. The number of aryl methyl sites for hydroxylation is 1. The van der Waals surface area contributed by atoms with E-state index in [4.69, 9.17) is 14.6 Å². The van der Waals surface area contributed by atoms with Crippen LogP contribution in [0.15, 0.2) is 12.1 Å². The summed E-state index contributed by atoms with van der Waals surface area (Å²) in [6, 6.07) is 3.82. The van der Waals surface area contributed by atoms with E-state index in [9.17, 15) is 4.79 Å². The molecular weight excluding hydrogens is 270 g/mol. The smallest absolute Gasteiger partial charge is 0.317 e. The van der Waals surface area contributed by atoms with E-state index in [1.807, 2.05) is 44.7 Å². The van der Waals surface area contributed by atoms with Gasteiger partial charge in [-0.25, -0.2) is 0 Å². The first kappa shape index (κ1) is 17.3. The zero-order valence-electron chi connectivity index (χ0n) is 13.7. The summed E-state index contributed by atoms with van der Waals surface area (Å²) in [7, 11) is 3.19. The summed E-state index contributed by atoms with van der Waals surface area (Å²) in [4.78, 5) is 13.0. The number of carboxylic acids is 1. The maximum atomic E-state index is 11.1. The van der Waals surface area contributed by atoms with Crippen LogP contribution in [-0.4, -0.2) is 42.3 Å². The standard InChI is InChI=1S/C16H25NO4/c1-11-7-13(20-5)14(21-6)8-12(11)9-17(10-15(18)19)16(2,3)4/h7-8H,9-10H2,1-6H3,(H,18,19). The number of methoxy groups -OCH3 is 2. The van der Waals surface area contributed by atoms with Crippen molar-refractivity contribution in [1.82, 2.24) is 4.90 Å². The second-order valence-corrected chi connectivity index (χ2v) is 6.05. The van der Waals surface area contributed by atoms with Gasteiger partial charge >= 0.3 is 5.97 Å². The molecule has 0 heterocycles. The van der Waals surface area contributed by atoms with Crippen molar-refractivity contribution in [1.29, 1.82) is 0 Å². The number of ether oxygens (including phenoxy) is 2. The first-order valence-corrected chi connectivity index (χ1v) is 6.87. The zero-order chi connectivity index (χ0) is 16.2. The number of aliphatic carboxylic acids is 1. The quantitative estimate of drug-likeness (QED) is 0.874. The fourth-order valence-electron chi connectivity index (χ4n) is 2.09. The molecule has 21 heavy (non-hydrogen) atoms. The lowest BCUT2D eigenvalue weighted by atomic mass is 10.0. The summed E-state index contributed by atoms with van der Waals surface area (Å²) in [5.41, 5.74) is 1.84. The van der Waals surface area contributed by atoms with Crippen LogP contribution in [0.2, 0.25) is 0 Å². The lowest BCUT2D eigenvalue weighted by molar-refractivity contribution is -0.139. The Balaban J connectivity index is 3.11. The predicted molar refractivity (Wildman–Crippen MR) is 82.1 cm³/mol. The number of nitrogens with zero attached hydrogens (tertiary/aromatic N) is 1. The van der Waals surface area contributed by atoms with E-state index >= 15 is 0 Å². The summed E-state index contributed by atoms with van der Waals surface area (Å²) < 4.78 is 10.6. The molecule has 0 aromatic heterocycles. The molecule has 5 nitrogen and oxygen atoms in total. The van der Waals surface area contributed by atoms with Crippen molar-refractivity contribution >= 4 is 5.97 Å². The molecule has 0 unspecified atom stereocenters. The molecule has 1 aromatic carbocycles. The molecule has 1 aromatic rings. The lowest BCUT2D eigenvalue weighted by Gasteiger charge is -2.34. The molecule has 0 saturated carbocycles. The SMILES string of the molecule is COc1cc(C)c(CN(CC(=O)O)C(C)(C)C)cc1OC. The highest BCUT2D eigenvalue weighted by Crippen LogP contribution is 2.31. The van der Waals surface area contributed by atoms with Crippen LogP contribution in [-0.2, 0) is 11.3 Å². The average molecular weight is 295 g/mol. The van der Waals surface area contributed by atoms with E-state index in [1.165, 1.54) is 0 Å². The highest BCUT2D eigenvalue weighted by atomic mass is 16.5. The Morgan fingerprint density at radius 2 is 1.71 bits per heavy atom. The third-order valence-electron chi connectivity index (χ3n) is 3.48. The average Bonchev–Trinajstić information content (AvgIpc) is 2.37. The highest BCUT2D eigenvalue weighted by molar-refractivity contribution is 5.69. The van der Waals surface area contributed by atoms with Gasteiger partial charge in [-0.2, -0.15) is 0 Å². The highest BCUT2D eigenvalue weighted by Gasteiger charge is 2.24. The number of rotatable bonds is 6. The normalized spacial score (nSPS) is 11.6. The Hall–Kier alpha value is -1.75. The van der Waals surface area contributed by atoms with E-state index in [1.54, 1.807) is 14.2 Å². The van der Waals surface area contributed by atoms with E-state index in [0.29, 0.717) is 18.0 Å². The molecule has 0 amide bonds. The summed E-state index contributed by atoms with van der Waals surface area (Å²) in [5, 5.41) is 9.09. The van der Waals surface area contributed by atoms with Crippen LogP contribution >= 0.6 is 0 Å². The Morgan fingerprint density at radius 1 is 1.19 bits per heavy atom. The monoisotopic (exact) mass is 295 g/mol. The van der Waals surface area contributed by atoms with E-state index in [2.05, 4.69) is 0 Å². The minimum atomic E-state index is -0.831. The van der Waals surface area contributed by atoms with E-state index in [0.717, 1.165) is 11.1 Å². The van der Waals surface area contributed by atoms with Gasteiger partial charge in [-0.3, -0.25) is 9.69 Å². The minimum Gasteiger partial charge on any atom is -0.493 e.